The molecule has 0 radical (unpaired) electrons. The molecule has 0 aliphatic rings. The highest BCUT2D eigenvalue weighted by atomic mass is 19.1. The largest absolute Gasteiger partial charge is 0.461 e. The maximum Gasteiger partial charge on any atom is 0.311 e. The van der Waals surface area contributed by atoms with Gasteiger partial charge in [-0.15, -0.1) is 0 Å². The summed E-state index contributed by atoms with van der Waals surface area (Å²) in [6.07, 6.45) is -0.227. The van der Waals surface area contributed by atoms with Crippen LogP contribution in [0.1, 0.15) is 18.4 Å². The highest BCUT2D eigenvalue weighted by Crippen LogP contribution is 2.17. The summed E-state index contributed by atoms with van der Waals surface area (Å²) in [5, 5.41) is 2.18. The first-order valence-electron chi connectivity index (χ1n) is 8.20. The Bertz CT molecular complexity index is 936. The van der Waals surface area contributed by atoms with Crippen LogP contribution in [0.15, 0.2) is 66.7 Å². The molecule has 3 rings (SSSR count). The van der Waals surface area contributed by atoms with Gasteiger partial charge in [-0.2, -0.15) is 0 Å². The highest BCUT2D eigenvalue weighted by Gasteiger charge is 2.11. The Labute approximate surface area is 150 Å². The van der Waals surface area contributed by atoms with Gasteiger partial charge in [0.1, 0.15) is 18.2 Å². The predicted octanol–water partition coefficient (Wildman–Crippen LogP) is 4.41. The molecule has 26 heavy (non-hydrogen) atoms. The first-order valence-corrected chi connectivity index (χ1v) is 8.20. The lowest BCUT2D eigenvalue weighted by Gasteiger charge is -2.07. The molecular weight excluding hydrogens is 335 g/mol. The van der Waals surface area contributed by atoms with Crippen LogP contribution in [0.5, 0.6) is 5.75 Å². The van der Waals surface area contributed by atoms with Crippen LogP contribution in [0.4, 0.5) is 4.39 Å². The number of ether oxygens (including phenoxy) is 2. The second-order valence-corrected chi connectivity index (χ2v) is 5.77. The monoisotopic (exact) mass is 352 g/mol. The molecule has 0 aliphatic heterocycles. The SMILES string of the molecule is O=C(CCC(=O)Oc1cccc(F)c1)OCc1ccc2ccccc2c1. The smallest absolute Gasteiger partial charge is 0.311 e. The molecule has 0 aliphatic carbocycles. The summed E-state index contributed by atoms with van der Waals surface area (Å²) in [4.78, 5) is 23.5. The zero-order valence-corrected chi connectivity index (χ0v) is 14.0. The van der Waals surface area contributed by atoms with Gasteiger partial charge in [-0.3, -0.25) is 9.59 Å². The van der Waals surface area contributed by atoms with Gasteiger partial charge in [0.15, 0.2) is 0 Å². The minimum atomic E-state index is -0.613. The quantitative estimate of drug-likeness (QED) is 0.487. The summed E-state index contributed by atoms with van der Waals surface area (Å²) < 4.78 is 23.2. The Morgan fingerprint density at radius 1 is 0.808 bits per heavy atom. The summed E-state index contributed by atoms with van der Waals surface area (Å²) in [7, 11) is 0. The zero-order valence-electron chi connectivity index (χ0n) is 14.0. The number of esters is 2. The molecule has 0 atom stereocenters. The molecule has 0 fully saturated rings. The lowest BCUT2D eigenvalue weighted by atomic mass is 10.1. The fourth-order valence-electron chi connectivity index (χ4n) is 2.48. The van der Waals surface area contributed by atoms with E-state index >= 15 is 0 Å². The molecule has 0 bridgehead atoms. The zero-order chi connectivity index (χ0) is 18.4. The summed E-state index contributed by atoms with van der Waals surface area (Å²) in [5.74, 6) is -1.49. The molecule has 0 saturated heterocycles. The van der Waals surface area contributed by atoms with Crippen molar-refractivity contribution in [2.75, 3.05) is 0 Å². The second-order valence-electron chi connectivity index (χ2n) is 5.77. The van der Waals surface area contributed by atoms with E-state index in [9.17, 15) is 14.0 Å². The number of benzene rings is 3. The molecule has 3 aromatic rings. The third kappa shape index (κ3) is 4.89. The fraction of sp³-hybridized carbons (Fsp3) is 0.143. The Morgan fingerprint density at radius 2 is 1.58 bits per heavy atom. The van der Waals surface area contributed by atoms with E-state index in [0.717, 1.165) is 22.4 Å². The van der Waals surface area contributed by atoms with Crippen molar-refractivity contribution >= 4 is 22.7 Å². The number of rotatable bonds is 6. The van der Waals surface area contributed by atoms with Gasteiger partial charge in [0.05, 0.1) is 12.8 Å². The predicted molar refractivity (Wildman–Crippen MR) is 95.0 cm³/mol. The van der Waals surface area contributed by atoms with Crippen LogP contribution < -0.4 is 4.74 Å². The fourth-order valence-corrected chi connectivity index (χ4v) is 2.48. The van der Waals surface area contributed by atoms with Gasteiger partial charge in [0, 0.05) is 6.07 Å². The molecular formula is C21H17FO4. The van der Waals surface area contributed by atoms with Crippen molar-refractivity contribution in [3.63, 3.8) is 0 Å². The van der Waals surface area contributed by atoms with E-state index in [-0.39, 0.29) is 25.2 Å². The number of hydrogen-bond donors (Lipinski definition) is 0. The van der Waals surface area contributed by atoms with E-state index in [1.54, 1.807) is 0 Å². The summed E-state index contributed by atoms with van der Waals surface area (Å²) in [6, 6.07) is 19.0. The van der Waals surface area contributed by atoms with E-state index < -0.39 is 17.8 Å². The molecule has 0 unspecified atom stereocenters. The molecule has 0 N–H and O–H groups in total. The molecule has 0 amide bonds. The van der Waals surface area contributed by atoms with Crippen LogP contribution in [0.3, 0.4) is 0 Å². The molecule has 4 nitrogen and oxygen atoms in total. The summed E-state index contributed by atoms with van der Waals surface area (Å²) in [5.41, 5.74) is 0.874. The molecule has 132 valence electrons. The second kappa shape index (κ2) is 8.25. The van der Waals surface area contributed by atoms with Crippen LogP contribution in [-0.2, 0) is 20.9 Å². The van der Waals surface area contributed by atoms with Gasteiger partial charge < -0.3 is 9.47 Å². The van der Waals surface area contributed by atoms with E-state index in [0.29, 0.717) is 0 Å². The number of hydrogen-bond acceptors (Lipinski definition) is 4. The van der Waals surface area contributed by atoms with E-state index in [1.807, 2.05) is 42.5 Å². The Balaban J connectivity index is 1.45. The van der Waals surface area contributed by atoms with Crippen molar-refractivity contribution in [3.05, 3.63) is 78.1 Å². The first kappa shape index (κ1) is 17.6. The van der Waals surface area contributed by atoms with Crippen LogP contribution in [0.2, 0.25) is 0 Å². The number of carbonyl (C=O) groups is 2. The van der Waals surface area contributed by atoms with E-state index in [4.69, 9.17) is 9.47 Å². The van der Waals surface area contributed by atoms with E-state index in [2.05, 4.69) is 0 Å². The van der Waals surface area contributed by atoms with Crippen LogP contribution >= 0.6 is 0 Å². The molecule has 0 saturated carbocycles. The molecule has 0 heterocycles. The average Bonchev–Trinajstić information content (AvgIpc) is 2.64. The van der Waals surface area contributed by atoms with Gasteiger partial charge in [-0.05, 0) is 34.5 Å². The van der Waals surface area contributed by atoms with Crippen molar-refractivity contribution < 1.29 is 23.5 Å². The third-order valence-corrected chi connectivity index (χ3v) is 3.77. The number of fused-ring (bicyclic) bond motifs is 1. The number of halogens is 1. The molecule has 5 heteroatoms. The molecule has 0 aromatic heterocycles. The van der Waals surface area contributed by atoms with Gasteiger partial charge in [-0.25, -0.2) is 4.39 Å². The Morgan fingerprint density at radius 3 is 2.38 bits per heavy atom. The topological polar surface area (TPSA) is 52.6 Å². The lowest BCUT2D eigenvalue weighted by Crippen LogP contribution is -2.12. The van der Waals surface area contributed by atoms with Crippen molar-refractivity contribution in [3.8, 4) is 5.75 Å². The first-order chi connectivity index (χ1) is 12.6. The maximum atomic E-state index is 13.0. The summed E-state index contributed by atoms with van der Waals surface area (Å²) >= 11 is 0. The van der Waals surface area contributed by atoms with Crippen LogP contribution in [-0.4, -0.2) is 11.9 Å². The standard InChI is InChI=1S/C21H17FO4/c22-18-6-3-7-19(13-18)26-21(24)11-10-20(23)25-14-15-8-9-16-4-1-2-5-17(16)12-15/h1-9,12-13H,10-11,14H2. The maximum absolute atomic E-state index is 13.0. The van der Waals surface area contributed by atoms with E-state index in [1.165, 1.54) is 18.2 Å². The number of carbonyl (C=O) groups excluding carboxylic acids is 2. The van der Waals surface area contributed by atoms with Gasteiger partial charge in [0.25, 0.3) is 0 Å². The van der Waals surface area contributed by atoms with Gasteiger partial charge in [0.2, 0.25) is 0 Å². The van der Waals surface area contributed by atoms with Crippen molar-refractivity contribution in [2.45, 2.75) is 19.4 Å². The van der Waals surface area contributed by atoms with Crippen LogP contribution in [0, 0.1) is 5.82 Å². The minimum absolute atomic E-state index is 0.0955. The minimum Gasteiger partial charge on any atom is -0.461 e. The average molecular weight is 352 g/mol. The van der Waals surface area contributed by atoms with Gasteiger partial charge >= 0.3 is 11.9 Å². The van der Waals surface area contributed by atoms with Crippen molar-refractivity contribution in [1.29, 1.82) is 0 Å². The Kier molecular flexibility index (Phi) is 5.59. The normalized spacial score (nSPS) is 10.5. The Hall–Kier alpha value is -3.21. The highest BCUT2D eigenvalue weighted by molar-refractivity contribution is 5.83. The summed E-state index contributed by atoms with van der Waals surface area (Å²) in [6.45, 7) is 0.141. The molecule has 0 spiro atoms. The van der Waals surface area contributed by atoms with Crippen LogP contribution in [0.25, 0.3) is 10.8 Å². The lowest BCUT2D eigenvalue weighted by molar-refractivity contribution is -0.148. The van der Waals surface area contributed by atoms with Gasteiger partial charge in [-0.1, -0.05) is 42.5 Å². The van der Waals surface area contributed by atoms with Crippen molar-refractivity contribution in [2.24, 2.45) is 0 Å². The third-order valence-electron chi connectivity index (χ3n) is 3.77. The molecule has 3 aromatic carbocycles. The van der Waals surface area contributed by atoms with Crippen molar-refractivity contribution in [1.82, 2.24) is 0 Å².